The largest absolute Gasteiger partial charge is 0.309 e. The van der Waals surface area contributed by atoms with Crippen LogP contribution in [0.3, 0.4) is 0 Å². The molecule has 0 unspecified atom stereocenters. The molecule has 8 aromatic carbocycles. The molecule has 12 aromatic rings. The van der Waals surface area contributed by atoms with E-state index in [1.807, 2.05) is 72.8 Å². The van der Waals surface area contributed by atoms with Crippen molar-refractivity contribution in [2.45, 2.75) is 0 Å². The number of rotatable bonds is 5. The fourth-order valence-electron chi connectivity index (χ4n) is 8.07. The molecule has 57 heavy (non-hydrogen) atoms. The number of nitrogens with zero attached hydrogens (tertiary/aromatic N) is 4. The number of benzene rings is 8. The summed E-state index contributed by atoms with van der Waals surface area (Å²) in [5.74, 6) is 1.52. The lowest BCUT2D eigenvalue weighted by Crippen LogP contribution is -2.02. The third kappa shape index (κ3) is 5.08. The molecule has 0 aliphatic rings. The van der Waals surface area contributed by atoms with Crippen LogP contribution in [0.1, 0.15) is 8.22 Å². The number of thiophene rings is 2. The zero-order valence-electron chi connectivity index (χ0n) is 36.0. The van der Waals surface area contributed by atoms with Gasteiger partial charge >= 0.3 is 0 Å². The summed E-state index contributed by atoms with van der Waals surface area (Å²) in [6.45, 7) is 0. The molecule has 12 rings (SSSR count). The van der Waals surface area contributed by atoms with Crippen LogP contribution in [-0.4, -0.2) is 19.5 Å². The molecule has 4 aromatic heterocycles. The summed E-state index contributed by atoms with van der Waals surface area (Å²) in [6, 6.07) is 47.0. The van der Waals surface area contributed by atoms with Crippen molar-refractivity contribution in [3.63, 3.8) is 0 Å². The van der Waals surface area contributed by atoms with Crippen molar-refractivity contribution in [3.05, 3.63) is 182 Å². The van der Waals surface area contributed by atoms with Crippen LogP contribution in [0.4, 0.5) is 0 Å². The van der Waals surface area contributed by atoms with Crippen LogP contribution in [0.2, 0.25) is 0 Å². The van der Waals surface area contributed by atoms with Gasteiger partial charge < -0.3 is 4.57 Å². The van der Waals surface area contributed by atoms with Gasteiger partial charge in [-0.1, -0.05) is 133 Å². The Bertz CT molecular complexity index is 3820. The fraction of sp³-hybridized carbons (Fsp3) is 0. The average Bonchev–Trinajstić information content (AvgIpc) is 4.01. The highest BCUT2D eigenvalue weighted by Gasteiger charge is 2.21. The van der Waals surface area contributed by atoms with Gasteiger partial charge in [-0.15, -0.1) is 22.7 Å². The van der Waals surface area contributed by atoms with Crippen LogP contribution in [0, 0.1) is 0 Å². The van der Waals surface area contributed by atoms with Gasteiger partial charge in [-0.2, -0.15) is 0 Å². The van der Waals surface area contributed by atoms with E-state index in [4.69, 9.17) is 20.4 Å². The SMILES string of the molecule is [2H]c1cc([2H])c2c(c1[2H])c1c([2H])c([2H])cc([2H])c1n2-c1ccc(-c2nc(-c3ccccc3)nc(-c3cccc4c3sc3ccccc34)n2)cc1-c1cccc2c1sc1ccccc12. The second-order valence-corrected chi connectivity index (χ2v) is 16.0. The fourth-order valence-corrected chi connectivity index (χ4v) is 10.5. The second-order valence-electron chi connectivity index (χ2n) is 13.9. The van der Waals surface area contributed by atoms with Gasteiger partial charge in [0.1, 0.15) is 0 Å². The highest BCUT2D eigenvalue weighted by Crippen LogP contribution is 2.45. The predicted octanol–water partition coefficient (Wildman–Crippen LogP) is 14.4. The molecular weight excluding hydrogens is 733 g/mol. The number of para-hydroxylation sites is 2. The summed E-state index contributed by atoms with van der Waals surface area (Å²) >= 11 is 3.40. The summed E-state index contributed by atoms with van der Waals surface area (Å²) in [5.41, 5.74) is 5.29. The van der Waals surface area contributed by atoms with Crippen LogP contribution < -0.4 is 0 Å². The van der Waals surface area contributed by atoms with E-state index in [0.717, 1.165) is 52.5 Å². The Labute approximate surface area is 344 Å². The summed E-state index contributed by atoms with van der Waals surface area (Å²) in [7, 11) is 0. The number of hydrogen-bond donors (Lipinski definition) is 0. The first-order valence-electron chi connectivity index (χ1n) is 21.5. The van der Waals surface area contributed by atoms with Crippen LogP contribution >= 0.6 is 22.7 Å². The lowest BCUT2D eigenvalue weighted by atomic mass is 9.98. The molecule has 6 heteroatoms. The molecule has 0 atom stereocenters. The summed E-state index contributed by atoms with van der Waals surface area (Å²) < 4.78 is 60.1. The van der Waals surface area contributed by atoms with E-state index in [-0.39, 0.29) is 47.0 Å². The summed E-state index contributed by atoms with van der Waals surface area (Å²) in [5, 5.41) is 4.93. The van der Waals surface area contributed by atoms with Gasteiger partial charge in [0.05, 0.1) is 24.9 Å². The molecule has 0 saturated heterocycles. The van der Waals surface area contributed by atoms with E-state index in [2.05, 4.69) is 60.7 Å². The Kier molecular flexibility index (Phi) is 6.00. The maximum Gasteiger partial charge on any atom is 0.165 e. The molecule has 0 spiro atoms. The van der Waals surface area contributed by atoms with Crippen LogP contribution in [0.15, 0.2) is 182 Å². The van der Waals surface area contributed by atoms with E-state index in [0.29, 0.717) is 39.8 Å². The number of aromatic nitrogens is 4. The average molecular weight is 769 g/mol. The molecule has 0 aliphatic heterocycles. The van der Waals surface area contributed by atoms with Gasteiger partial charge in [0, 0.05) is 78.9 Å². The second kappa shape index (κ2) is 12.8. The van der Waals surface area contributed by atoms with E-state index in [1.165, 1.54) is 22.2 Å². The van der Waals surface area contributed by atoms with E-state index in [1.54, 1.807) is 27.2 Å². The van der Waals surface area contributed by atoms with Crippen molar-refractivity contribution in [2.24, 2.45) is 0 Å². The first-order valence-corrected chi connectivity index (χ1v) is 20.2. The topological polar surface area (TPSA) is 43.6 Å². The van der Waals surface area contributed by atoms with Crippen molar-refractivity contribution in [3.8, 4) is 51.0 Å². The molecule has 0 aliphatic carbocycles. The van der Waals surface area contributed by atoms with Crippen LogP contribution in [0.25, 0.3) is 113 Å². The molecule has 0 radical (unpaired) electrons. The molecule has 4 heterocycles. The Morgan fingerprint density at radius 3 is 1.61 bits per heavy atom. The Hall–Kier alpha value is -6.99. The normalized spacial score (nSPS) is 13.3. The Morgan fingerprint density at radius 1 is 0.404 bits per heavy atom. The maximum atomic E-state index is 9.26. The van der Waals surface area contributed by atoms with Gasteiger partial charge in [-0.3, -0.25) is 0 Å². The maximum absolute atomic E-state index is 9.26. The highest BCUT2D eigenvalue weighted by molar-refractivity contribution is 7.26. The summed E-state index contributed by atoms with van der Waals surface area (Å²) in [4.78, 5) is 15.5. The standard InChI is InChI=1S/C51H30N4S2/c1-2-14-31(15-3-1)49-52-50(54-51(53-49)40-23-13-21-38-36-19-7-11-27-46(36)57-48(38)40)32-28-29-44(55-42-24-8-4-16-33(42)34-17-5-9-25-43(34)55)41(30-32)39-22-12-20-37-35-18-6-10-26-45(35)56-47(37)39/h1-30H/i4D,5D,16D,17D,24D,25D. The van der Waals surface area contributed by atoms with Crippen molar-refractivity contribution in [1.82, 2.24) is 19.5 Å². The van der Waals surface area contributed by atoms with Crippen molar-refractivity contribution < 1.29 is 8.22 Å². The van der Waals surface area contributed by atoms with Crippen LogP contribution in [0.5, 0.6) is 0 Å². The van der Waals surface area contributed by atoms with Crippen molar-refractivity contribution >= 4 is 84.8 Å². The van der Waals surface area contributed by atoms with E-state index in [9.17, 15) is 2.74 Å². The minimum Gasteiger partial charge on any atom is -0.309 e. The van der Waals surface area contributed by atoms with Gasteiger partial charge in [0.15, 0.2) is 17.5 Å². The third-order valence-corrected chi connectivity index (χ3v) is 13.1. The number of fused-ring (bicyclic) bond motifs is 9. The lowest BCUT2D eigenvalue weighted by Gasteiger charge is -2.17. The third-order valence-electron chi connectivity index (χ3n) is 10.6. The molecule has 0 fully saturated rings. The lowest BCUT2D eigenvalue weighted by molar-refractivity contribution is 1.08. The zero-order chi connectivity index (χ0) is 42.7. The Morgan fingerprint density at radius 2 is 0.947 bits per heavy atom. The quantitative estimate of drug-likeness (QED) is 0.175. The molecule has 0 saturated carbocycles. The van der Waals surface area contributed by atoms with Crippen molar-refractivity contribution in [1.29, 1.82) is 0 Å². The van der Waals surface area contributed by atoms with Gasteiger partial charge in [-0.25, -0.2) is 15.0 Å². The minimum atomic E-state index is -0.162. The number of hydrogen-bond acceptors (Lipinski definition) is 5. The molecule has 0 bridgehead atoms. The summed E-state index contributed by atoms with van der Waals surface area (Å²) in [6.07, 6.45) is 0. The molecule has 0 N–H and O–H groups in total. The molecular formula is C51H30N4S2. The van der Waals surface area contributed by atoms with Crippen molar-refractivity contribution in [2.75, 3.05) is 0 Å². The smallest absolute Gasteiger partial charge is 0.165 e. The molecule has 0 amide bonds. The predicted molar refractivity (Wildman–Crippen MR) is 242 cm³/mol. The van der Waals surface area contributed by atoms with E-state index < -0.39 is 0 Å². The van der Waals surface area contributed by atoms with Crippen LogP contribution in [-0.2, 0) is 0 Å². The van der Waals surface area contributed by atoms with E-state index >= 15 is 0 Å². The molecule has 266 valence electrons. The Balaban J connectivity index is 1.18. The molecule has 4 nitrogen and oxygen atoms in total. The first-order chi connectivity index (χ1) is 30.7. The van der Waals surface area contributed by atoms with Gasteiger partial charge in [0.25, 0.3) is 0 Å². The highest BCUT2D eigenvalue weighted by atomic mass is 32.1. The first kappa shape index (κ1) is 26.8. The zero-order valence-corrected chi connectivity index (χ0v) is 31.6. The van der Waals surface area contributed by atoms with Gasteiger partial charge in [-0.05, 0) is 48.5 Å². The van der Waals surface area contributed by atoms with Gasteiger partial charge in [0.2, 0.25) is 0 Å². The minimum absolute atomic E-state index is 0.0207. The monoisotopic (exact) mass is 768 g/mol.